The first-order chi connectivity index (χ1) is 7.35. The van der Waals surface area contributed by atoms with Gasteiger partial charge in [0.25, 0.3) is 0 Å². The third-order valence-corrected chi connectivity index (χ3v) is 2.17. The van der Waals surface area contributed by atoms with Crippen molar-refractivity contribution in [3.8, 4) is 5.75 Å². The Hall–Kier alpha value is -1.23. The van der Waals surface area contributed by atoms with E-state index in [1.54, 1.807) is 0 Å². The summed E-state index contributed by atoms with van der Waals surface area (Å²) in [5, 5.41) is 0. The van der Waals surface area contributed by atoms with E-state index in [4.69, 9.17) is 11.6 Å². The first-order valence-corrected chi connectivity index (χ1v) is 4.83. The van der Waals surface area contributed by atoms with Crippen LogP contribution in [0.5, 0.6) is 5.75 Å². The average molecular weight is 253 g/mol. The van der Waals surface area contributed by atoms with Crippen molar-refractivity contribution in [2.45, 2.75) is 13.3 Å². The van der Waals surface area contributed by atoms with E-state index in [1.165, 1.54) is 19.1 Å². The van der Waals surface area contributed by atoms with Gasteiger partial charge < -0.3 is 4.74 Å². The largest absolute Gasteiger partial charge is 0.573 e. The predicted molar refractivity (Wildman–Crippen MR) is 52.9 cm³/mol. The second-order valence-corrected chi connectivity index (χ2v) is 3.30. The number of hydrogen-bond acceptors (Lipinski definition) is 2. The van der Waals surface area contributed by atoms with E-state index in [0.717, 1.165) is 6.07 Å². The normalized spacial score (nSPS) is 11.3. The summed E-state index contributed by atoms with van der Waals surface area (Å²) in [7, 11) is 0. The van der Waals surface area contributed by atoms with Crippen LogP contribution in [0.25, 0.3) is 0 Å². The summed E-state index contributed by atoms with van der Waals surface area (Å²) >= 11 is 5.33. The van der Waals surface area contributed by atoms with E-state index in [2.05, 4.69) is 4.74 Å². The van der Waals surface area contributed by atoms with E-state index in [9.17, 15) is 18.0 Å². The lowest BCUT2D eigenvalue weighted by atomic mass is 10.0. The van der Waals surface area contributed by atoms with Gasteiger partial charge in [-0.1, -0.05) is 12.1 Å². The van der Waals surface area contributed by atoms with E-state index in [1.807, 2.05) is 0 Å². The number of halogens is 4. The maximum atomic E-state index is 12.0. The lowest BCUT2D eigenvalue weighted by Crippen LogP contribution is -2.18. The standard InChI is InChI=1S/C10H8ClF3O2/c1-6-7(8(15)5-11)3-2-4-9(6)16-10(12,13)14/h2-4H,5H2,1H3. The highest BCUT2D eigenvalue weighted by atomic mass is 35.5. The number of Topliss-reactive ketones (excluding diaryl/α,β-unsaturated/α-hetero) is 1. The zero-order chi connectivity index (χ0) is 12.3. The molecule has 0 amide bonds. The van der Waals surface area contributed by atoms with E-state index < -0.39 is 12.1 Å². The molecule has 1 rings (SSSR count). The van der Waals surface area contributed by atoms with Crippen LogP contribution in [0, 0.1) is 6.92 Å². The van der Waals surface area contributed by atoms with E-state index in [-0.39, 0.29) is 22.8 Å². The number of carbonyl (C=O) groups excluding carboxylic acids is 1. The summed E-state index contributed by atoms with van der Waals surface area (Å²) < 4.78 is 39.8. The Kier molecular flexibility index (Phi) is 3.80. The first-order valence-electron chi connectivity index (χ1n) is 4.29. The minimum atomic E-state index is -4.77. The first kappa shape index (κ1) is 12.8. The zero-order valence-electron chi connectivity index (χ0n) is 8.27. The molecule has 0 heterocycles. The molecule has 1 aromatic rings. The highest BCUT2D eigenvalue weighted by Gasteiger charge is 2.32. The van der Waals surface area contributed by atoms with Gasteiger partial charge in [0, 0.05) is 11.1 Å². The molecule has 88 valence electrons. The molecule has 0 aliphatic heterocycles. The van der Waals surface area contributed by atoms with Gasteiger partial charge in [-0.05, 0) is 13.0 Å². The molecule has 0 bridgehead atoms. The fourth-order valence-corrected chi connectivity index (χ4v) is 1.37. The quantitative estimate of drug-likeness (QED) is 0.609. The van der Waals surface area contributed by atoms with E-state index >= 15 is 0 Å². The molecule has 0 fully saturated rings. The van der Waals surface area contributed by atoms with Gasteiger partial charge in [0.05, 0.1) is 5.88 Å². The molecule has 0 spiro atoms. The average Bonchev–Trinajstić information content (AvgIpc) is 2.18. The van der Waals surface area contributed by atoms with Crippen molar-refractivity contribution >= 4 is 17.4 Å². The van der Waals surface area contributed by atoms with Crippen LogP contribution >= 0.6 is 11.6 Å². The Morgan fingerprint density at radius 2 is 2.06 bits per heavy atom. The van der Waals surface area contributed by atoms with Crippen LogP contribution < -0.4 is 4.74 Å². The Morgan fingerprint density at radius 3 is 2.56 bits per heavy atom. The van der Waals surface area contributed by atoms with Crippen LogP contribution in [0.1, 0.15) is 15.9 Å². The Bertz CT molecular complexity index is 402. The molecule has 0 unspecified atom stereocenters. The number of carbonyl (C=O) groups is 1. The highest BCUT2D eigenvalue weighted by molar-refractivity contribution is 6.30. The van der Waals surface area contributed by atoms with Crippen LogP contribution in [-0.4, -0.2) is 18.0 Å². The number of hydrogen-bond donors (Lipinski definition) is 0. The molecule has 0 atom stereocenters. The minimum absolute atomic E-state index is 0.130. The van der Waals surface area contributed by atoms with Gasteiger partial charge in [0.1, 0.15) is 5.75 Å². The second-order valence-electron chi connectivity index (χ2n) is 3.03. The third-order valence-electron chi connectivity index (χ3n) is 1.93. The van der Waals surface area contributed by atoms with E-state index in [0.29, 0.717) is 0 Å². The Morgan fingerprint density at radius 1 is 1.44 bits per heavy atom. The van der Waals surface area contributed by atoms with Crippen LogP contribution in [-0.2, 0) is 0 Å². The summed E-state index contributed by atoms with van der Waals surface area (Å²) in [6.45, 7) is 1.38. The van der Waals surface area contributed by atoms with Crippen LogP contribution in [0.3, 0.4) is 0 Å². The fourth-order valence-electron chi connectivity index (χ4n) is 1.22. The molecule has 0 saturated heterocycles. The minimum Gasteiger partial charge on any atom is -0.405 e. The van der Waals surface area contributed by atoms with Gasteiger partial charge in [0.2, 0.25) is 0 Å². The predicted octanol–water partition coefficient (Wildman–Crippen LogP) is 3.32. The topological polar surface area (TPSA) is 26.3 Å². The SMILES string of the molecule is Cc1c(OC(F)(F)F)cccc1C(=O)CCl. The fraction of sp³-hybridized carbons (Fsp3) is 0.300. The van der Waals surface area contributed by atoms with Gasteiger partial charge in [-0.25, -0.2) is 0 Å². The monoisotopic (exact) mass is 252 g/mol. The summed E-state index contributed by atoms with van der Waals surface area (Å²) in [6.07, 6.45) is -4.77. The summed E-state index contributed by atoms with van der Waals surface area (Å²) in [4.78, 5) is 11.3. The maximum Gasteiger partial charge on any atom is 0.573 e. The number of rotatable bonds is 3. The molecule has 0 aliphatic carbocycles. The van der Waals surface area contributed by atoms with Crippen molar-refractivity contribution in [3.05, 3.63) is 29.3 Å². The van der Waals surface area contributed by atoms with Crippen LogP contribution in [0.15, 0.2) is 18.2 Å². The lowest BCUT2D eigenvalue weighted by Gasteiger charge is -2.13. The Labute approximate surface area is 95.0 Å². The number of alkyl halides is 4. The highest BCUT2D eigenvalue weighted by Crippen LogP contribution is 2.28. The van der Waals surface area contributed by atoms with Gasteiger partial charge >= 0.3 is 6.36 Å². The van der Waals surface area contributed by atoms with Gasteiger partial charge in [0.15, 0.2) is 5.78 Å². The molecule has 0 aliphatic rings. The van der Waals surface area contributed by atoms with Gasteiger partial charge in [-0.3, -0.25) is 4.79 Å². The van der Waals surface area contributed by atoms with Crippen LogP contribution in [0.4, 0.5) is 13.2 Å². The molecule has 0 aromatic heterocycles. The molecule has 6 heteroatoms. The summed E-state index contributed by atoms with van der Waals surface area (Å²) in [5.41, 5.74) is 0.266. The van der Waals surface area contributed by atoms with Crippen molar-refractivity contribution < 1.29 is 22.7 Å². The molecule has 0 saturated carbocycles. The van der Waals surface area contributed by atoms with Crippen molar-refractivity contribution in [2.24, 2.45) is 0 Å². The van der Waals surface area contributed by atoms with Crippen molar-refractivity contribution in [1.29, 1.82) is 0 Å². The van der Waals surface area contributed by atoms with Gasteiger partial charge in [-0.2, -0.15) is 0 Å². The number of ketones is 1. The maximum absolute atomic E-state index is 12.0. The molecule has 0 N–H and O–H groups in total. The lowest BCUT2D eigenvalue weighted by molar-refractivity contribution is -0.274. The van der Waals surface area contributed by atoms with Crippen molar-refractivity contribution in [1.82, 2.24) is 0 Å². The Balaban J connectivity index is 3.09. The molecule has 1 aromatic carbocycles. The van der Waals surface area contributed by atoms with Crippen LogP contribution in [0.2, 0.25) is 0 Å². The van der Waals surface area contributed by atoms with Crippen molar-refractivity contribution in [2.75, 3.05) is 5.88 Å². The van der Waals surface area contributed by atoms with Gasteiger partial charge in [-0.15, -0.1) is 24.8 Å². The molecule has 2 nitrogen and oxygen atoms in total. The summed E-state index contributed by atoms with van der Waals surface area (Å²) in [5.74, 6) is -1.11. The second kappa shape index (κ2) is 4.74. The third kappa shape index (κ3) is 3.13. The zero-order valence-corrected chi connectivity index (χ0v) is 9.02. The molecular formula is C10H8ClF3O2. The number of ether oxygens (including phenoxy) is 1. The molecular weight excluding hydrogens is 245 g/mol. The smallest absolute Gasteiger partial charge is 0.405 e. The molecule has 16 heavy (non-hydrogen) atoms. The van der Waals surface area contributed by atoms with Crippen molar-refractivity contribution in [3.63, 3.8) is 0 Å². The number of benzene rings is 1. The summed E-state index contributed by atoms with van der Waals surface area (Å²) in [6, 6.07) is 3.87. The molecule has 0 radical (unpaired) electrons.